The Bertz CT molecular complexity index is 613. The summed E-state index contributed by atoms with van der Waals surface area (Å²) in [6.07, 6.45) is 6.79. The fourth-order valence-electron chi connectivity index (χ4n) is 4.34. The van der Waals surface area contributed by atoms with Crippen molar-refractivity contribution in [3.05, 3.63) is 29.8 Å². The first kappa shape index (κ1) is 17.8. The normalized spacial score (nSPS) is 25.8. The molecule has 5 nitrogen and oxygen atoms in total. The van der Waals surface area contributed by atoms with Crippen LogP contribution in [0.15, 0.2) is 24.3 Å². The van der Waals surface area contributed by atoms with Crippen LogP contribution in [0.1, 0.15) is 44.1 Å². The van der Waals surface area contributed by atoms with Crippen molar-refractivity contribution in [2.45, 2.75) is 56.1 Å². The van der Waals surface area contributed by atoms with Gasteiger partial charge in [-0.3, -0.25) is 4.79 Å². The summed E-state index contributed by atoms with van der Waals surface area (Å²) < 4.78 is 11.0. The molecule has 1 saturated carbocycles. The first-order valence-corrected chi connectivity index (χ1v) is 9.99. The highest BCUT2D eigenvalue weighted by molar-refractivity contribution is 5.91. The summed E-state index contributed by atoms with van der Waals surface area (Å²) in [4.78, 5) is 15.4. The maximum absolute atomic E-state index is 12.9. The van der Waals surface area contributed by atoms with E-state index in [1.807, 2.05) is 24.3 Å². The van der Waals surface area contributed by atoms with Crippen molar-refractivity contribution in [1.82, 2.24) is 10.2 Å². The zero-order valence-corrected chi connectivity index (χ0v) is 15.7. The highest BCUT2D eigenvalue weighted by atomic mass is 16.5. The van der Waals surface area contributed by atoms with E-state index in [9.17, 15) is 4.79 Å². The number of piperidine rings is 1. The number of benzene rings is 1. The van der Waals surface area contributed by atoms with Gasteiger partial charge < -0.3 is 19.7 Å². The highest BCUT2D eigenvalue weighted by Crippen LogP contribution is 2.48. The van der Waals surface area contributed by atoms with Crippen molar-refractivity contribution < 1.29 is 14.3 Å². The lowest BCUT2D eigenvalue weighted by atomic mass is 9.93. The number of nitrogens with one attached hydrogen (secondary N) is 1. The maximum atomic E-state index is 12.9. The van der Waals surface area contributed by atoms with E-state index in [1.165, 1.54) is 12.8 Å². The zero-order chi connectivity index (χ0) is 18.0. The first-order chi connectivity index (χ1) is 12.7. The maximum Gasteiger partial charge on any atom is 0.230 e. The van der Waals surface area contributed by atoms with E-state index in [2.05, 4.69) is 10.2 Å². The van der Waals surface area contributed by atoms with E-state index in [4.69, 9.17) is 9.47 Å². The molecule has 0 radical (unpaired) electrons. The lowest BCUT2D eigenvalue weighted by Crippen LogP contribution is -2.48. The molecule has 3 fully saturated rings. The number of nitrogens with zero attached hydrogens (tertiary/aromatic N) is 1. The quantitative estimate of drug-likeness (QED) is 0.849. The number of carbonyl (C=O) groups is 1. The van der Waals surface area contributed by atoms with Crippen LogP contribution >= 0.6 is 0 Å². The molecule has 1 aromatic rings. The highest BCUT2D eigenvalue weighted by Gasteiger charge is 2.51. The Labute approximate surface area is 156 Å². The fraction of sp³-hybridized carbons (Fsp3) is 0.667. The van der Waals surface area contributed by atoms with Gasteiger partial charge in [-0.15, -0.1) is 0 Å². The summed E-state index contributed by atoms with van der Waals surface area (Å²) in [5.41, 5.74) is 0.813. The number of carbonyl (C=O) groups excluding carboxylic acids is 1. The van der Waals surface area contributed by atoms with Crippen LogP contribution in [0.5, 0.6) is 5.75 Å². The van der Waals surface area contributed by atoms with Crippen LogP contribution in [0.4, 0.5) is 0 Å². The molecule has 1 amide bonds. The van der Waals surface area contributed by atoms with E-state index in [-0.39, 0.29) is 11.3 Å². The molecule has 1 unspecified atom stereocenters. The predicted octanol–water partition coefficient (Wildman–Crippen LogP) is 2.49. The van der Waals surface area contributed by atoms with Gasteiger partial charge in [-0.25, -0.2) is 0 Å². The van der Waals surface area contributed by atoms with Crippen LogP contribution in [0, 0.1) is 0 Å². The summed E-state index contributed by atoms with van der Waals surface area (Å²) in [5.74, 6) is 1.05. The van der Waals surface area contributed by atoms with Crippen LogP contribution in [-0.2, 0) is 14.9 Å². The van der Waals surface area contributed by atoms with Gasteiger partial charge in [0.15, 0.2) is 0 Å². The first-order valence-electron chi connectivity index (χ1n) is 9.99. The molecule has 2 aliphatic heterocycles. The minimum atomic E-state index is -0.304. The molecule has 2 saturated heterocycles. The van der Waals surface area contributed by atoms with E-state index >= 15 is 0 Å². The molecule has 2 heterocycles. The Morgan fingerprint density at radius 1 is 1.23 bits per heavy atom. The molecule has 0 bridgehead atoms. The van der Waals surface area contributed by atoms with Gasteiger partial charge in [0.25, 0.3) is 0 Å². The van der Waals surface area contributed by atoms with Crippen LogP contribution < -0.4 is 10.1 Å². The number of hydrogen-bond donors (Lipinski definition) is 1. The van der Waals surface area contributed by atoms with Gasteiger partial charge in [0, 0.05) is 32.3 Å². The second-order valence-electron chi connectivity index (χ2n) is 7.99. The largest absolute Gasteiger partial charge is 0.497 e. The summed E-state index contributed by atoms with van der Waals surface area (Å²) in [7, 11) is 1.67. The van der Waals surface area contributed by atoms with Crippen LogP contribution in [0.25, 0.3) is 0 Å². The molecular formula is C21H30N2O3. The van der Waals surface area contributed by atoms with Crippen LogP contribution in [0.3, 0.4) is 0 Å². The van der Waals surface area contributed by atoms with Crippen molar-refractivity contribution in [3.63, 3.8) is 0 Å². The molecule has 0 spiro atoms. The van der Waals surface area contributed by atoms with Gasteiger partial charge in [-0.2, -0.15) is 0 Å². The number of hydrogen-bond acceptors (Lipinski definition) is 4. The standard InChI is InChI=1S/C21H30N2O3/c1-25-18-6-4-16(5-7-18)21(10-11-21)20(24)22-17-8-12-23(13-9-17)15-19-3-2-14-26-19/h4-7,17,19H,2-3,8-15H2,1H3,(H,22,24). The summed E-state index contributed by atoms with van der Waals surface area (Å²) >= 11 is 0. The molecule has 1 aliphatic carbocycles. The molecule has 1 aromatic carbocycles. The van der Waals surface area contributed by atoms with E-state index < -0.39 is 0 Å². The van der Waals surface area contributed by atoms with Crippen molar-refractivity contribution >= 4 is 5.91 Å². The number of likely N-dealkylation sites (tertiary alicyclic amines) is 1. The van der Waals surface area contributed by atoms with Crippen molar-refractivity contribution in [3.8, 4) is 5.75 Å². The lowest BCUT2D eigenvalue weighted by molar-refractivity contribution is -0.124. The summed E-state index contributed by atoms with van der Waals surface area (Å²) in [6.45, 7) is 4.09. The van der Waals surface area contributed by atoms with Gasteiger partial charge in [-0.1, -0.05) is 12.1 Å². The topological polar surface area (TPSA) is 50.8 Å². The smallest absolute Gasteiger partial charge is 0.230 e. The molecule has 26 heavy (non-hydrogen) atoms. The van der Waals surface area contributed by atoms with Gasteiger partial charge in [-0.05, 0) is 56.2 Å². The van der Waals surface area contributed by atoms with Gasteiger partial charge >= 0.3 is 0 Å². The Morgan fingerprint density at radius 2 is 1.96 bits per heavy atom. The second-order valence-corrected chi connectivity index (χ2v) is 7.99. The van der Waals surface area contributed by atoms with Gasteiger partial charge in [0.2, 0.25) is 5.91 Å². The molecule has 142 valence electrons. The van der Waals surface area contributed by atoms with Crippen molar-refractivity contribution in [2.75, 3.05) is 33.4 Å². The Hall–Kier alpha value is -1.59. The molecular weight excluding hydrogens is 328 g/mol. The number of amides is 1. The van der Waals surface area contributed by atoms with E-state index in [0.717, 1.165) is 63.2 Å². The minimum absolute atomic E-state index is 0.209. The minimum Gasteiger partial charge on any atom is -0.497 e. The number of methoxy groups -OCH3 is 1. The molecule has 4 rings (SSSR count). The average molecular weight is 358 g/mol. The summed E-state index contributed by atoms with van der Waals surface area (Å²) in [6, 6.07) is 8.28. The molecule has 1 N–H and O–H groups in total. The van der Waals surface area contributed by atoms with Crippen LogP contribution in [-0.4, -0.2) is 56.3 Å². The van der Waals surface area contributed by atoms with Gasteiger partial charge in [0.1, 0.15) is 5.75 Å². The fourth-order valence-corrected chi connectivity index (χ4v) is 4.34. The monoisotopic (exact) mass is 358 g/mol. The number of ether oxygens (including phenoxy) is 2. The van der Waals surface area contributed by atoms with Crippen molar-refractivity contribution in [1.29, 1.82) is 0 Å². The Balaban J connectivity index is 1.28. The van der Waals surface area contributed by atoms with E-state index in [1.54, 1.807) is 7.11 Å². The lowest BCUT2D eigenvalue weighted by Gasteiger charge is -2.34. The predicted molar refractivity (Wildman–Crippen MR) is 100 cm³/mol. The zero-order valence-electron chi connectivity index (χ0n) is 15.7. The number of rotatable bonds is 6. The van der Waals surface area contributed by atoms with Crippen molar-refractivity contribution in [2.24, 2.45) is 0 Å². The molecule has 5 heteroatoms. The van der Waals surface area contributed by atoms with E-state index in [0.29, 0.717) is 12.1 Å². The second kappa shape index (κ2) is 7.57. The summed E-state index contributed by atoms with van der Waals surface area (Å²) in [5, 5.41) is 3.33. The molecule has 0 aromatic heterocycles. The Morgan fingerprint density at radius 3 is 2.54 bits per heavy atom. The third kappa shape index (κ3) is 3.74. The third-order valence-electron chi connectivity index (χ3n) is 6.24. The SMILES string of the molecule is COc1ccc(C2(C(=O)NC3CCN(CC4CCCO4)CC3)CC2)cc1. The van der Waals surface area contributed by atoms with Gasteiger partial charge in [0.05, 0.1) is 18.6 Å². The molecule has 1 atom stereocenters. The third-order valence-corrected chi connectivity index (χ3v) is 6.24. The molecule has 3 aliphatic rings. The average Bonchev–Trinajstić information content (AvgIpc) is 3.34. The Kier molecular flexibility index (Phi) is 5.18. The van der Waals surface area contributed by atoms with Crippen LogP contribution in [0.2, 0.25) is 0 Å².